The number of hydrogen-bond acceptors (Lipinski definition) is 1. The Balaban J connectivity index is 2.34. The molecule has 0 spiro atoms. The summed E-state index contributed by atoms with van der Waals surface area (Å²) in [5.74, 6) is 0. The van der Waals surface area contributed by atoms with Crippen LogP contribution in [0.4, 0.5) is 0 Å². The van der Waals surface area contributed by atoms with Crippen molar-refractivity contribution >= 4 is 0 Å². The van der Waals surface area contributed by atoms with E-state index in [9.17, 15) is 0 Å². The van der Waals surface area contributed by atoms with E-state index in [4.69, 9.17) is 4.74 Å². The Hall–Kier alpha value is -0.170. The van der Waals surface area contributed by atoms with Crippen LogP contribution in [-0.2, 0) is 4.74 Å². The first kappa shape index (κ1) is 5.83. The van der Waals surface area contributed by atoms with Crippen LogP contribution in [0.1, 0.15) is 6.42 Å². The molecule has 0 aliphatic carbocycles. The molecule has 0 atom stereocenters. The van der Waals surface area contributed by atoms with Crippen LogP contribution in [0.2, 0.25) is 0 Å². The van der Waals surface area contributed by atoms with Crippen molar-refractivity contribution in [3.63, 3.8) is 0 Å². The van der Waals surface area contributed by atoms with E-state index >= 15 is 0 Å². The second-order valence-corrected chi connectivity index (χ2v) is 1.07. The van der Waals surface area contributed by atoms with Gasteiger partial charge in [0.2, 0.25) is 0 Å². The van der Waals surface area contributed by atoms with Crippen LogP contribution in [-0.4, -0.2) is 13.7 Å². The Labute approximate surface area is 39.3 Å². The van der Waals surface area contributed by atoms with Gasteiger partial charge in [0.1, 0.15) is 0 Å². The van der Waals surface area contributed by atoms with E-state index in [2.05, 4.69) is 6.92 Å². The average Bonchev–Trinajstić information content (AvgIpc) is 1.61. The molecular weight excluding hydrogens is 76.1 g/mol. The van der Waals surface area contributed by atoms with Crippen LogP contribution < -0.4 is 0 Å². The van der Waals surface area contributed by atoms with Crippen molar-refractivity contribution in [2.24, 2.45) is 0 Å². The molecule has 0 amide bonds. The molecule has 1 nitrogen and oxygen atoms in total. The van der Waals surface area contributed by atoms with Crippen LogP contribution in [0.15, 0.2) is 0 Å². The Kier molecular flexibility index (Phi) is 4.69. The molecule has 0 unspecified atom stereocenters. The summed E-state index contributed by atoms with van der Waals surface area (Å²) < 4.78 is 4.71. The van der Waals surface area contributed by atoms with E-state index in [1.165, 1.54) is 0 Å². The normalized spacial score (nSPS) is 8.83. The van der Waals surface area contributed by atoms with Crippen molar-refractivity contribution in [1.82, 2.24) is 0 Å². The van der Waals surface area contributed by atoms with Crippen molar-refractivity contribution in [2.75, 3.05) is 13.7 Å². The van der Waals surface area contributed by atoms with Gasteiger partial charge in [-0.1, -0.05) is 6.92 Å². The Bertz CT molecular complexity index is 15.9. The lowest BCUT2D eigenvalue weighted by atomic mass is 10.4. The number of unbranched alkanes of at least 4 members (excludes halogenated alkanes) is 1. The fourth-order valence-electron chi connectivity index (χ4n) is 0.201. The summed E-state index contributed by atoms with van der Waals surface area (Å²) in [7, 11) is 1.68. The first-order valence-corrected chi connectivity index (χ1v) is 2.01. The Morgan fingerprint density at radius 2 is 2.50 bits per heavy atom. The molecule has 0 saturated carbocycles. The highest BCUT2D eigenvalue weighted by Crippen LogP contribution is 1.81. The zero-order valence-corrected chi connectivity index (χ0v) is 4.11. The fraction of sp³-hybridized carbons (Fsp3) is 0.600. The largest absolute Gasteiger partial charge is 0.387 e. The van der Waals surface area contributed by atoms with Gasteiger partial charge >= 0.3 is 0 Å². The maximum Gasteiger partial charge on any atom is 0.0353 e. The summed E-state index contributed by atoms with van der Waals surface area (Å²) in [6.45, 7) is 4.31. The molecular formula is C5H10O. The highest BCUT2D eigenvalue weighted by Gasteiger charge is 1.69. The lowest BCUT2D eigenvalue weighted by molar-refractivity contribution is 0.202. The van der Waals surface area contributed by atoms with Crippen molar-refractivity contribution in [1.29, 1.82) is 0 Å². The SMILES string of the molecule is [CH2+][CH-]CCOC. The standard InChI is InChI=1S/C5H10O/c1-3-4-5-6-2/h3H,1,4-5H2,2H3. The molecule has 0 aromatic carbocycles. The molecule has 0 saturated heterocycles. The minimum atomic E-state index is 0.795. The van der Waals surface area contributed by atoms with E-state index < -0.39 is 0 Å². The van der Waals surface area contributed by atoms with Crippen LogP contribution in [0.25, 0.3) is 0 Å². The third-order valence-electron chi connectivity index (χ3n) is 0.526. The minimum absolute atomic E-state index is 0.795. The molecule has 0 radical (unpaired) electrons. The van der Waals surface area contributed by atoms with Gasteiger partial charge in [-0.15, -0.1) is 12.8 Å². The van der Waals surface area contributed by atoms with Gasteiger partial charge < -0.3 is 4.74 Å². The summed E-state index contributed by atoms with van der Waals surface area (Å²) in [4.78, 5) is 0. The zero-order valence-electron chi connectivity index (χ0n) is 4.11. The third kappa shape index (κ3) is 3.83. The number of hydrogen-bond donors (Lipinski definition) is 0. The van der Waals surface area contributed by atoms with Crippen molar-refractivity contribution < 1.29 is 4.74 Å². The van der Waals surface area contributed by atoms with Crippen molar-refractivity contribution in [2.45, 2.75) is 6.42 Å². The Morgan fingerprint density at radius 1 is 1.83 bits per heavy atom. The van der Waals surface area contributed by atoms with Gasteiger partial charge in [0, 0.05) is 13.7 Å². The maximum atomic E-state index is 4.71. The van der Waals surface area contributed by atoms with Gasteiger partial charge in [0.05, 0.1) is 0 Å². The highest BCUT2D eigenvalue weighted by molar-refractivity contribution is 4.64. The molecule has 0 heterocycles. The predicted molar refractivity (Wildman–Crippen MR) is 26.1 cm³/mol. The summed E-state index contributed by atoms with van der Waals surface area (Å²) in [5.41, 5.74) is 0. The maximum absolute atomic E-state index is 4.71. The van der Waals surface area contributed by atoms with E-state index in [1.807, 2.05) is 6.42 Å². The molecule has 6 heavy (non-hydrogen) atoms. The molecule has 0 bridgehead atoms. The first-order chi connectivity index (χ1) is 2.91. The van der Waals surface area contributed by atoms with Crippen molar-refractivity contribution in [3.8, 4) is 0 Å². The molecule has 0 fully saturated rings. The van der Waals surface area contributed by atoms with E-state index in [1.54, 1.807) is 7.11 Å². The lowest BCUT2D eigenvalue weighted by Gasteiger charge is -1.93. The summed E-state index contributed by atoms with van der Waals surface area (Å²) in [6, 6.07) is 0. The predicted octanol–water partition coefficient (Wildman–Crippen LogP) is 1.06. The van der Waals surface area contributed by atoms with Gasteiger partial charge in [-0.3, -0.25) is 0 Å². The van der Waals surface area contributed by atoms with Crippen LogP contribution >= 0.6 is 0 Å². The molecule has 0 N–H and O–H groups in total. The van der Waals surface area contributed by atoms with Crippen LogP contribution in [0.3, 0.4) is 0 Å². The van der Waals surface area contributed by atoms with Crippen LogP contribution in [0, 0.1) is 13.3 Å². The topological polar surface area (TPSA) is 9.23 Å². The quantitative estimate of drug-likeness (QED) is 0.368. The molecule has 0 aromatic heterocycles. The second kappa shape index (κ2) is 4.83. The molecule has 0 aliphatic rings. The smallest absolute Gasteiger partial charge is 0.0353 e. The third-order valence-corrected chi connectivity index (χ3v) is 0.526. The minimum Gasteiger partial charge on any atom is -0.387 e. The summed E-state index contributed by atoms with van der Waals surface area (Å²) in [6.07, 6.45) is 2.79. The van der Waals surface area contributed by atoms with Gasteiger partial charge in [0.25, 0.3) is 0 Å². The monoisotopic (exact) mass is 86.1 g/mol. The lowest BCUT2D eigenvalue weighted by Crippen LogP contribution is -1.84. The molecule has 0 rings (SSSR count). The molecule has 0 aliphatic heterocycles. The second-order valence-electron chi connectivity index (χ2n) is 1.07. The fourth-order valence-corrected chi connectivity index (χ4v) is 0.201. The van der Waals surface area contributed by atoms with Gasteiger partial charge in [-0.05, 0) is 0 Å². The van der Waals surface area contributed by atoms with Gasteiger partial charge in [-0.25, -0.2) is 0 Å². The summed E-state index contributed by atoms with van der Waals surface area (Å²) in [5, 5.41) is 0. The van der Waals surface area contributed by atoms with Crippen molar-refractivity contribution in [3.05, 3.63) is 13.3 Å². The number of methoxy groups -OCH3 is 1. The average molecular weight is 86.1 g/mol. The molecule has 1 heteroatoms. The van der Waals surface area contributed by atoms with E-state index in [-0.39, 0.29) is 0 Å². The Morgan fingerprint density at radius 3 is 2.67 bits per heavy atom. The van der Waals surface area contributed by atoms with Gasteiger partial charge in [0.15, 0.2) is 0 Å². The van der Waals surface area contributed by atoms with Gasteiger partial charge in [-0.2, -0.15) is 0 Å². The highest BCUT2D eigenvalue weighted by atomic mass is 16.5. The summed E-state index contributed by atoms with van der Waals surface area (Å²) >= 11 is 0. The molecule has 0 aromatic rings. The number of ether oxygens (including phenoxy) is 1. The van der Waals surface area contributed by atoms with E-state index in [0.717, 1.165) is 13.0 Å². The first-order valence-electron chi connectivity index (χ1n) is 2.01. The van der Waals surface area contributed by atoms with Crippen LogP contribution in [0.5, 0.6) is 0 Å². The molecule has 36 valence electrons. The van der Waals surface area contributed by atoms with E-state index in [0.29, 0.717) is 0 Å². The number of rotatable bonds is 3. The zero-order chi connectivity index (χ0) is 4.83.